The molecule has 0 amide bonds. The first-order chi connectivity index (χ1) is 6.22. The molecule has 4 heteroatoms. The Morgan fingerprint density at radius 3 is 2.79 bits per heavy atom. The standard InChI is InChI=1S/C10H12BrNO.ClH/c1-2-13-10(12)7-8-4-3-5-9(11)6-8;/h3-6,12H,2,7H2,1H3;1H. The first kappa shape index (κ1) is 13.5. The molecule has 0 bridgehead atoms. The summed E-state index contributed by atoms with van der Waals surface area (Å²) in [7, 11) is 0. The fraction of sp³-hybridized carbons (Fsp3) is 0.300. The fourth-order valence-corrected chi connectivity index (χ4v) is 1.50. The number of ether oxygens (including phenoxy) is 1. The van der Waals surface area contributed by atoms with E-state index < -0.39 is 0 Å². The minimum absolute atomic E-state index is 0. The van der Waals surface area contributed by atoms with Gasteiger partial charge in [0.25, 0.3) is 0 Å². The van der Waals surface area contributed by atoms with Gasteiger partial charge in [0.05, 0.1) is 6.61 Å². The second-order valence-electron chi connectivity index (χ2n) is 2.66. The Labute approximate surface area is 98.7 Å². The van der Waals surface area contributed by atoms with Gasteiger partial charge in [0.1, 0.15) is 0 Å². The van der Waals surface area contributed by atoms with Crippen molar-refractivity contribution in [1.82, 2.24) is 0 Å². The molecule has 78 valence electrons. The second kappa shape index (κ2) is 6.85. The third-order valence-electron chi connectivity index (χ3n) is 1.57. The molecule has 1 aromatic rings. The Morgan fingerprint density at radius 2 is 2.21 bits per heavy atom. The van der Waals surface area contributed by atoms with Gasteiger partial charge in [-0.1, -0.05) is 28.1 Å². The lowest BCUT2D eigenvalue weighted by Crippen LogP contribution is -2.06. The normalized spacial score (nSPS) is 9.00. The van der Waals surface area contributed by atoms with Gasteiger partial charge in [-0.2, -0.15) is 0 Å². The van der Waals surface area contributed by atoms with E-state index in [-0.39, 0.29) is 12.4 Å². The lowest BCUT2D eigenvalue weighted by atomic mass is 10.1. The molecule has 0 atom stereocenters. The van der Waals surface area contributed by atoms with Crippen molar-refractivity contribution in [3.8, 4) is 0 Å². The molecule has 0 aliphatic rings. The minimum atomic E-state index is 0. The molecule has 0 saturated carbocycles. The Hall–Kier alpha value is -0.540. The van der Waals surface area contributed by atoms with E-state index in [1.54, 1.807) is 0 Å². The average Bonchev–Trinajstić information content (AvgIpc) is 2.04. The van der Waals surface area contributed by atoms with E-state index in [9.17, 15) is 0 Å². The topological polar surface area (TPSA) is 33.1 Å². The van der Waals surface area contributed by atoms with E-state index in [1.807, 2.05) is 31.2 Å². The van der Waals surface area contributed by atoms with Crippen LogP contribution in [0.15, 0.2) is 28.7 Å². The van der Waals surface area contributed by atoms with Gasteiger partial charge >= 0.3 is 0 Å². The molecule has 0 aliphatic carbocycles. The Kier molecular flexibility index (Phi) is 6.58. The SMILES string of the molecule is CCOC(=N)Cc1cccc(Br)c1.Cl. The van der Waals surface area contributed by atoms with E-state index in [0.717, 1.165) is 10.0 Å². The zero-order valence-corrected chi connectivity index (χ0v) is 10.3. The molecule has 1 rings (SSSR count). The molecule has 0 aliphatic heterocycles. The Morgan fingerprint density at radius 1 is 1.50 bits per heavy atom. The molecule has 0 unspecified atom stereocenters. The molecule has 1 N–H and O–H groups in total. The van der Waals surface area contributed by atoms with Gasteiger partial charge in [-0.3, -0.25) is 5.41 Å². The molecule has 0 aromatic heterocycles. The van der Waals surface area contributed by atoms with Crippen LogP contribution in [0.25, 0.3) is 0 Å². The Bertz CT molecular complexity index is 304. The van der Waals surface area contributed by atoms with Crippen LogP contribution in [0.5, 0.6) is 0 Å². The van der Waals surface area contributed by atoms with Crippen LogP contribution in [0.1, 0.15) is 12.5 Å². The minimum Gasteiger partial charge on any atom is -0.481 e. The summed E-state index contributed by atoms with van der Waals surface area (Å²) in [5.74, 6) is 0.320. The summed E-state index contributed by atoms with van der Waals surface area (Å²) in [5, 5.41) is 7.46. The van der Waals surface area contributed by atoms with Crippen LogP contribution in [0, 0.1) is 5.41 Å². The van der Waals surface area contributed by atoms with Crippen LogP contribution in [0.2, 0.25) is 0 Å². The van der Waals surface area contributed by atoms with Gasteiger partial charge in [0.15, 0.2) is 5.90 Å². The highest BCUT2D eigenvalue weighted by molar-refractivity contribution is 9.10. The van der Waals surface area contributed by atoms with Crippen molar-refractivity contribution in [2.75, 3.05) is 6.61 Å². The first-order valence-corrected chi connectivity index (χ1v) is 4.96. The van der Waals surface area contributed by atoms with Crippen molar-refractivity contribution >= 4 is 34.2 Å². The lowest BCUT2D eigenvalue weighted by molar-refractivity contribution is 0.317. The van der Waals surface area contributed by atoms with Crippen molar-refractivity contribution in [3.05, 3.63) is 34.3 Å². The Balaban J connectivity index is 0.00000169. The summed E-state index contributed by atoms with van der Waals surface area (Å²) in [6, 6.07) is 7.90. The van der Waals surface area contributed by atoms with E-state index in [2.05, 4.69) is 15.9 Å². The molecule has 0 fully saturated rings. The van der Waals surface area contributed by atoms with E-state index in [1.165, 1.54) is 0 Å². The van der Waals surface area contributed by atoms with Gasteiger partial charge in [-0.25, -0.2) is 0 Å². The molecule has 1 aromatic carbocycles. The predicted octanol–water partition coefficient (Wildman–Crippen LogP) is 3.43. The van der Waals surface area contributed by atoms with Crippen LogP contribution >= 0.6 is 28.3 Å². The molecule has 0 radical (unpaired) electrons. The smallest absolute Gasteiger partial charge is 0.184 e. The zero-order valence-electron chi connectivity index (χ0n) is 7.92. The third kappa shape index (κ3) is 4.63. The number of benzene rings is 1. The maximum atomic E-state index is 7.46. The van der Waals surface area contributed by atoms with Gasteiger partial charge in [-0.15, -0.1) is 12.4 Å². The van der Waals surface area contributed by atoms with Crippen LogP contribution in [-0.4, -0.2) is 12.5 Å². The van der Waals surface area contributed by atoms with Crippen molar-refractivity contribution in [2.24, 2.45) is 0 Å². The van der Waals surface area contributed by atoms with E-state index in [4.69, 9.17) is 10.1 Å². The van der Waals surface area contributed by atoms with Crippen LogP contribution in [0.3, 0.4) is 0 Å². The summed E-state index contributed by atoms with van der Waals surface area (Å²) >= 11 is 3.38. The predicted molar refractivity (Wildman–Crippen MR) is 64.4 cm³/mol. The van der Waals surface area contributed by atoms with Crippen LogP contribution in [-0.2, 0) is 11.2 Å². The molecule has 14 heavy (non-hydrogen) atoms. The largest absolute Gasteiger partial charge is 0.481 e. The number of hydrogen-bond donors (Lipinski definition) is 1. The van der Waals surface area contributed by atoms with Gasteiger partial charge in [0, 0.05) is 10.9 Å². The van der Waals surface area contributed by atoms with Crippen LogP contribution < -0.4 is 0 Å². The summed E-state index contributed by atoms with van der Waals surface area (Å²) in [5.41, 5.74) is 1.09. The van der Waals surface area contributed by atoms with Crippen molar-refractivity contribution in [2.45, 2.75) is 13.3 Å². The highest BCUT2D eigenvalue weighted by atomic mass is 79.9. The van der Waals surface area contributed by atoms with Gasteiger partial charge in [0.2, 0.25) is 0 Å². The maximum absolute atomic E-state index is 7.46. The van der Waals surface area contributed by atoms with Crippen LogP contribution in [0.4, 0.5) is 0 Å². The highest BCUT2D eigenvalue weighted by Crippen LogP contribution is 2.12. The van der Waals surface area contributed by atoms with Gasteiger partial charge in [-0.05, 0) is 24.6 Å². The molecule has 0 heterocycles. The second-order valence-corrected chi connectivity index (χ2v) is 3.58. The summed E-state index contributed by atoms with van der Waals surface area (Å²) in [6.45, 7) is 2.45. The molecular formula is C10H13BrClNO. The van der Waals surface area contributed by atoms with Crippen molar-refractivity contribution in [3.63, 3.8) is 0 Å². The van der Waals surface area contributed by atoms with Gasteiger partial charge < -0.3 is 4.74 Å². The molecule has 0 saturated heterocycles. The number of hydrogen-bond acceptors (Lipinski definition) is 2. The summed E-state index contributed by atoms with van der Waals surface area (Å²) < 4.78 is 6.09. The maximum Gasteiger partial charge on any atom is 0.184 e. The third-order valence-corrected chi connectivity index (χ3v) is 2.07. The van der Waals surface area contributed by atoms with Crippen molar-refractivity contribution in [1.29, 1.82) is 5.41 Å². The highest BCUT2D eigenvalue weighted by Gasteiger charge is 1.99. The molecule has 2 nitrogen and oxygen atoms in total. The number of rotatable bonds is 3. The number of halogens is 2. The van der Waals surface area contributed by atoms with E-state index >= 15 is 0 Å². The fourth-order valence-electron chi connectivity index (χ4n) is 1.06. The number of nitrogens with one attached hydrogen (secondary N) is 1. The summed E-state index contributed by atoms with van der Waals surface area (Å²) in [6.07, 6.45) is 0.563. The molecule has 0 spiro atoms. The summed E-state index contributed by atoms with van der Waals surface area (Å²) in [4.78, 5) is 0. The lowest BCUT2D eigenvalue weighted by Gasteiger charge is -2.04. The quantitative estimate of drug-likeness (QED) is 0.667. The first-order valence-electron chi connectivity index (χ1n) is 4.17. The van der Waals surface area contributed by atoms with E-state index in [0.29, 0.717) is 18.9 Å². The zero-order chi connectivity index (χ0) is 9.68. The average molecular weight is 279 g/mol. The molecular weight excluding hydrogens is 265 g/mol. The van der Waals surface area contributed by atoms with Crippen molar-refractivity contribution < 1.29 is 4.74 Å². The monoisotopic (exact) mass is 277 g/mol.